The number of rotatable bonds is 7. The lowest BCUT2D eigenvalue weighted by atomic mass is 10.1. The highest BCUT2D eigenvalue weighted by molar-refractivity contribution is 7.99. The van der Waals surface area contributed by atoms with Crippen molar-refractivity contribution in [2.45, 2.75) is 57.5 Å². The van der Waals surface area contributed by atoms with E-state index in [0.717, 1.165) is 12.8 Å². The Kier molecular flexibility index (Phi) is 7.01. The lowest BCUT2D eigenvalue weighted by Crippen LogP contribution is -2.37. The Morgan fingerprint density at radius 3 is 2.89 bits per heavy atom. The molecule has 8 heteroatoms. The van der Waals surface area contributed by atoms with Gasteiger partial charge in [-0.25, -0.2) is 4.98 Å². The Morgan fingerprint density at radius 1 is 1.43 bits per heavy atom. The number of carbonyl (C=O) groups is 1. The molecule has 2 heterocycles. The minimum absolute atomic E-state index is 0.00149. The number of aromatic nitrogens is 2. The zero-order valence-corrected chi connectivity index (χ0v) is 18.0. The number of amides is 1. The summed E-state index contributed by atoms with van der Waals surface area (Å²) in [6.07, 6.45) is 1.91. The van der Waals surface area contributed by atoms with Crippen molar-refractivity contribution in [1.82, 2.24) is 14.9 Å². The molecule has 1 N–H and O–H groups in total. The average Bonchev–Trinajstić information content (AvgIpc) is 3.15. The van der Waals surface area contributed by atoms with Crippen LogP contribution in [0.15, 0.2) is 28.2 Å². The number of nitrogens with zero attached hydrogens (tertiary/aromatic N) is 2. The molecule has 2 unspecified atom stereocenters. The van der Waals surface area contributed by atoms with Crippen LogP contribution in [0, 0.1) is 5.92 Å². The molecule has 1 aromatic heterocycles. The van der Waals surface area contributed by atoms with Gasteiger partial charge in [0.15, 0.2) is 5.16 Å². The molecule has 2 atom stereocenters. The highest BCUT2D eigenvalue weighted by Gasteiger charge is 2.21. The largest absolute Gasteiger partial charge is 0.376 e. The van der Waals surface area contributed by atoms with Gasteiger partial charge in [-0.15, -0.1) is 0 Å². The van der Waals surface area contributed by atoms with Crippen LogP contribution in [0.1, 0.15) is 33.6 Å². The van der Waals surface area contributed by atoms with E-state index in [9.17, 15) is 9.59 Å². The van der Waals surface area contributed by atoms with E-state index >= 15 is 0 Å². The van der Waals surface area contributed by atoms with Gasteiger partial charge in [-0.2, -0.15) is 0 Å². The Bertz CT molecular complexity index is 909. The number of fused-ring (bicyclic) bond motifs is 1. The summed E-state index contributed by atoms with van der Waals surface area (Å²) in [5.74, 6) is 0.476. The highest BCUT2D eigenvalue weighted by atomic mass is 35.5. The molecule has 0 bridgehead atoms. The maximum absolute atomic E-state index is 13.1. The van der Waals surface area contributed by atoms with Crippen molar-refractivity contribution < 1.29 is 9.53 Å². The van der Waals surface area contributed by atoms with E-state index < -0.39 is 0 Å². The van der Waals surface area contributed by atoms with Crippen molar-refractivity contribution in [3.05, 3.63) is 33.6 Å². The fourth-order valence-corrected chi connectivity index (χ4v) is 4.02. The molecule has 28 heavy (non-hydrogen) atoms. The minimum atomic E-state index is -0.129. The Morgan fingerprint density at radius 2 is 2.21 bits per heavy atom. The molecule has 6 nitrogen and oxygen atoms in total. The van der Waals surface area contributed by atoms with E-state index in [1.54, 1.807) is 22.8 Å². The normalized spacial score (nSPS) is 18.0. The van der Waals surface area contributed by atoms with Gasteiger partial charge in [0.1, 0.15) is 0 Å². The fourth-order valence-electron chi connectivity index (χ4n) is 3.03. The summed E-state index contributed by atoms with van der Waals surface area (Å²) in [6.45, 7) is 7.26. The molecule has 1 saturated heterocycles. The Balaban J connectivity index is 1.87. The van der Waals surface area contributed by atoms with Crippen LogP contribution in [-0.2, 0) is 16.1 Å². The molecule has 0 radical (unpaired) electrons. The smallest absolute Gasteiger partial charge is 0.262 e. The second-order valence-electron chi connectivity index (χ2n) is 7.50. The first-order valence-electron chi connectivity index (χ1n) is 9.59. The molecule has 2 aromatic rings. The van der Waals surface area contributed by atoms with Crippen molar-refractivity contribution in [2.75, 3.05) is 12.4 Å². The zero-order valence-electron chi connectivity index (χ0n) is 16.4. The van der Waals surface area contributed by atoms with Crippen molar-refractivity contribution >= 4 is 40.2 Å². The van der Waals surface area contributed by atoms with Crippen LogP contribution in [-0.4, -0.2) is 40.0 Å². The van der Waals surface area contributed by atoms with Crippen LogP contribution in [0.2, 0.25) is 5.02 Å². The first kappa shape index (κ1) is 21.1. The van der Waals surface area contributed by atoms with Gasteiger partial charge >= 0.3 is 0 Å². The van der Waals surface area contributed by atoms with Gasteiger partial charge in [0.05, 0.1) is 29.3 Å². The number of thioether (sulfide) groups is 1. The molecule has 0 saturated carbocycles. The van der Waals surface area contributed by atoms with Crippen molar-refractivity contribution in [3.8, 4) is 0 Å². The quantitative estimate of drug-likeness (QED) is 0.545. The Labute approximate surface area is 174 Å². The average molecular weight is 424 g/mol. The van der Waals surface area contributed by atoms with E-state index in [4.69, 9.17) is 16.3 Å². The monoisotopic (exact) mass is 423 g/mol. The number of hydrogen-bond acceptors (Lipinski definition) is 5. The Hall–Kier alpha value is -1.57. The topological polar surface area (TPSA) is 73.2 Å². The number of carbonyl (C=O) groups excluding carboxylic acids is 1. The van der Waals surface area contributed by atoms with Crippen molar-refractivity contribution in [2.24, 2.45) is 5.92 Å². The van der Waals surface area contributed by atoms with Crippen LogP contribution in [0.3, 0.4) is 0 Å². The van der Waals surface area contributed by atoms with E-state index in [1.165, 1.54) is 11.8 Å². The molecule has 1 aromatic carbocycles. The molecule has 0 spiro atoms. The molecule has 1 aliphatic heterocycles. The van der Waals surface area contributed by atoms with Gasteiger partial charge in [0.25, 0.3) is 5.56 Å². The third kappa shape index (κ3) is 5.07. The van der Waals surface area contributed by atoms with Crippen LogP contribution < -0.4 is 10.9 Å². The van der Waals surface area contributed by atoms with Crippen molar-refractivity contribution in [3.63, 3.8) is 0 Å². The molecular formula is C20H26ClN3O3S. The van der Waals surface area contributed by atoms with Crippen LogP contribution >= 0.6 is 23.4 Å². The first-order valence-corrected chi connectivity index (χ1v) is 11.0. The number of nitrogens with one attached hydrogen (secondary N) is 1. The molecule has 1 amide bonds. The van der Waals surface area contributed by atoms with Gasteiger partial charge in [-0.1, -0.05) is 37.2 Å². The third-order valence-corrected chi connectivity index (χ3v) is 6.23. The summed E-state index contributed by atoms with van der Waals surface area (Å²) in [5, 5.41) is 4.54. The van der Waals surface area contributed by atoms with Crippen LogP contribution in [0.4, 0.5) is 0 Å². The number of halogens is 1. The van der Waals surface area contributed by atoms with Gasteiger partial charge < -0.3 is 10.1 Å². The highest BCUT2D eigenvalue weighted by Crippen LogP contribution is 2.22. The summed E-state index contributed by atoms with van der Waals surface area (Å²) < 4.78 is 7.34. The molecule has 152 valence electrons. The lowest BCUT2D eigenvalue weighted by Gasteiger charge is -2.18. The second-order valence-corrected chi connectivity index (χ2v) is 8.87. The van der Waals surface area contributed by atoms with Gasteiger partial charge in [0.2, 0.25) is 5.91 Å². The molecular weight excluding hydrogens is 398 g/mol. The van der Waals surface area contributed by atoms with Crippen molar-refractivity contribution in [1.29, 1.82) is 0 Å². The minimum Gasteiger partial charge on any atom is -0.376 e. The van der Waals surface area contributed by atoms with E-state index in [1.807, 2.05) is 6.92 Å². The predicted molar refractivity (Wildman–Crippen MR) is 113 cm³/mol. The van der Waals surface area contributed by atoms with Crippen LogP contribution in [0.25, 0.3) is 10.9 Å². The van der Waals surface area contributed by atoms with E-state index in [-0.39, 0.29) is 29.4 Å². The standard InChI is InChI=1S/C20H26ClN3O3S/c1-12(2)13(3)22-18(25)11-28-20-23-17-9-14(21)6-7-16(17)19(26)24(20)10-15-5-4-8-27-15/h6-7,9,12-13,15H,4-5,8,10-11H2,1-3H3,(H,22,25). The zero-order chi connectivity index (χ0) is 20.3. The maximum Gasteiger partial charge on any atom is 0.262 e. The molecule has 1 aliphatic rings. The lowest BCUT2D eigenvalue weighted by molar-refractivity contribution is -0.119. The van der Waals surface area contributed by atoms with Gasteiger partial charge in [0, 0.05) is 17.7 Å². The fraction of sp³-hybridized carbons (Fsp3) is 0.550. The molecule has 1 fully saturated rings. The maximum atomic E-state index is 13.1. The SMILES string of the molecule is CC(C)C(C)NC(=O)CSc1nc2cc(Cl)ccc2c(=O)n1CC1CCCO1. The number of benzene rings is 1. The summed E-state index contributed by atoms with van der Waals surface area (Å²) in [5.41, 5.74) is 0.412. The van der Waals surface area contributed by atoms with Gasteiger partial charge in [-0.3, -0.25) is 14.2 Å². The summed E-state index contributed by atoms with van der Waals surface area (Å²) in [7, 11) is 0. The molecule has 0 aliphatic carbocycles. The predicted octanol–water partition coefficient (Wildman–Crippen LogP) is 3.48. The molecule has 3 rings (SSSR count). The number of hydrogen-bond donors (Lipinski definition) is 1. The van der Waals surface area contributed by atoms with Gasteiger partial charge in [-0.05, 0) is 43.9 Å². The van der Waals surface area contributed by atoms with E-state index in [0.29, 0.717) is 40.2 Å². The first-order chi connectivity index (χ1) is 13.3. The third-order valence-electron chi connectivity index (χ3n) is 5.01. The summed E-state index contributed by atoms with van der Waals surface area (Å²) in [6, 6.07) is 5.16. The van der Waals surface area contributed by atoms with Crippen LogP contribution in [0.5, 0.6) is 0 Å². The number of ether oxygens (including phenoxy) is 1. The summed E-state index contributed by atoms with van der Waals surface area (Å²) >= 11 is 7.34. The van der Waals surface area contributed by atoms with E-state index in [2.05, 4.69) is 24.1 Å². The summed E-state index contributed by atoms with van der Waals surface area (Å²) in [4.78, 5) is 30.0. The second kappa shape index (κ2) is 9.29.